The largest absolute Gasteiger partial charge is 0.395 e. The third-order valence-electron chi connectivity index (χ3n) is 8.33. The summed E-state index contributed by atoms with van der Waals surface area (Å²) in [5.74, 6) is -0.803. The van der Waals surface area contributed by atoms with Crippen LogP contribution in [0.5, 0.6) is 0 Å². The summed E-state index contributed by atoms with van der Waals surface area (Å²) >= 11 is 13.6. The number of nitrogens with one attached hydrogen (secondary N) is 3. The lowest BCUT2D eigenvalue weighted by molar-refractivity contribution is 0.101. The molecule has 0 saturated carbocycles. The number of hydrogen-bond acceptors (Lipinski definition) is 8. The third kappa shape index (κ3) is 6.95. The van der Waals surface area contributed by atoms with Gasteiger partial charge < -0.3 is 26.2 Å². The van der Waals surface area contributed by atoms with E-state index in [4.69, 9.17) is 28.3 Å². The number of pyridine rings is 1. The zero-order chi connectivity index (χ0) is 32.2. The van der Waals surface area contributed by atoms with E-state index in [1.165, 1.54) is 0 Å². The molecule has 4 aromatic rings. The smallest absolute Gasteiger partial charge is 0.276 e. The van der Waals surface area contributed by atoms with Gasteiger partial charge in [0.2, 0.25) is 0 Å². The Hall–Kier alpha value is -3.84. The van der Waals surface area contributed by atoms with Crippen molar-refractivity contribution in [3.05, 3.63) is 93.5 Å². The second-order valence-electron chi connectivity index (χ2n) is 11.5. The zero-order valence-electron chi connectivity index (χ0n) is 25.0. The number of nitrogens with zero attached hydrogens (tertiary/aromatic N) is 4. The summed E-state index contributed by atoms with van der Waals surface area (Å²) in [6, 6.07) is 15.9. The van der Waals surface area contributed by atoms with Crippen LogP contribution in [0.15, 0.2) is 60.8 Å². The predicted octanol–water partition coefficient (Wildman–Crippen LogP) is 4.74. The molecule has 11 nitrogen and oxygen atoms in total. The second kappa shape index (κ2) is 14.3. The number of aliphatic hydroxyl groups is 2. The van der Waals surface area contributed by atoms with Crippen molar-refractivity contribution >= 4 is 46.4 Å². The Morgan fingerprint density at radius 3 is 2.22 bits per heavy atom. The highest BCUT2D eigenvalue weighted by atomic mass is 35.5. The van der Waals surface area contributed by atoms with Gasteiger partial charge in [-0.25, -0.2) is 0 Å². The highest BCUT2D eigenvalue weighted by Gasteiger charge is 2.33. The molecular weight excluding hydrogens is 629 g/mol. The number of anilines is 2. The molecule has 0 bridgehead atoms. The molecular formula is C33H35Cl2N7O4. The Morgan fingerprint density at radius 1 is 0.913 bits per heavy atom. The molecule has 0 radical (unpaired) electrons. The van der Waals surface area contributed by atoms with Gasteiger partial charge in [-0.3, -0.25) is 24.2 Å². The van der Waals surface area contributed by atoms with Gasteiger partial charge in [-0.15, -0.1) is 0 Å². The van der Waals surface area contributed by atoms with E-state index >= 15 is 0 Å². The maximum Gasteiger partial charge on any atom is 0.276 e. The summed E-state index contributed by atoms with van der Waals surface area (Å²) in [4.78, 5) is 32.9. The lowest BCUT2D eigenvalue weighted by Gasteiger charge is -2.31. The molecule has 6 rings (SSSR count). The number of amides is 2. The minimum Gasteiger partial charge on any atom is -0.395 e. The number of likely N-dealkylation sites (tertiary alicyclic amines) is 1. The van der Waals surface area contributed by atoms with Crippen LogP contribution in [0.25, 0.3) is 11.1 Å². The summed E-state index contributed by atoms with van der Waals surface area (Å²) in [7, 11) is 0. The van der Waals surface area contributed by atoms with Crippen LogP contribution in [-0.4, -0.2) is 74.0 Å². The lowest BCUT2D eigenvalue weighted by atomic mass is 10.0. The fourth-order valence-electron chi connectivity index (χ4n) is 6.01. The van der Waals surface area contributed by atoms with E-state index in [-0.39, 0.29) is 35.4 Å². The topological polar surface area (TPSA) is 145 Å². The van der Waals surface area contributed by atoms with Crippen LogP contribution in [0.2, 0.25) is 10.0 Å². The number of fused-ring (bicyclic) bond motifs is 1. The number of aliphatic hydroxyl groups excluding tert-OH is 2. The molecule has 240 valence electrons. The Labute approximate surface area is 276 Å². The number of aromatic nitrogens is 3. The molecule has 1 fully saturated rings. The normalized spacial score (nSPS) is 17.9. The quantitative estimate of drug-likeness (QED) is 0.153. The van der Waals surface area contributed by atoms with Gasteiger partial charge in [-0.2, -0.15) is 5.10 Å². The van der Waals surface area contributed by atoms with Gasteiger partial charge in [-0.1, -0.05) is 53.5 Å². The van der Waals surface area contributed by atoms with Crippen molar-refractivity contribution < 1.29 is 19.8 Å². The lowest BCUT2D eigenvalue weighted by Crippen LogP contribution is -2.32. The van der Waals surface area contributed by atoms with E-state index in [0.29, 0.717) is 52.9 Å². The maximum absolute atomic E-state index is 13.4. The van der Waals surface area contributed by atoms with E-state index < -0.39 is 5.91 Å². The molecule has 1 saturated heterocycles. The molecule has 0 unspecified atom stereocenters. The molecule has 2 aromatic carbocycles. The van der Waals surface area contributed by atoms with E-state index in [0.717, 1.165) is 43.6 Å². The highest BCUT2D eigenvalue weighted by molar-refractivity contribution is 6.40. The minimum atomic E-state index is -0.424. The Kier molecular flexibility index (Phi) is 9.98. The Bertz CT molecular complexity index is 1730. The van der Waals surface area contributed by atoms with Crippen LogP contribution in [0, 0.1) is 0 Å². The number of aryl methyl sites for hydroxylation is 1. The number of halogens is 2. The molecule has 0 aliphatic carbocycles. The fraction of sp³-hybridized carbons (Fsp3) is 0.333. The first-order valence-corrected chi connectivity index (χ1v) is 16.0. The van der Waals surface area contributed by atoms with Crippen molar-refractivity contribution in [3.63, 3.8) is 0 Å². The van der Waals surface area contributed by atoms with E-state index in [9.17, 15) is 14.7 Å². The second-order valence-corrected chi connectivity index (χ2v) is 12.2. The number of β-amino-alcohol motifs (C(OH)–C–C–N with tert-alkyl or cyclic N) is 1. The zero-order valence-corrected chi connectivity index (χ0v) is 26.6. The van der Waals surface area contributed by atoms with Gasteiger partial charge in [0.05, 0.1) is 45.9 Å². The van der Waals surface area contributed by atoms with E-state index in [1.54, 1.807) is 54.7 Å². The van der Waals surface area contributed by atoms with Gasteiger partial charge in [-0.05, 0) is 49.1 Å². The van der Waals surface area contributed by atoms with Crippen LogP contribution in [0.1, 0.15) is 57.5 Å². The Morgan fingerprint density at radius 2 is 1.61 bits per heavy atom. The van der Waals surface area contributed by atoms with Gasteiger partial charge in [0, 0.05) is 50.0 Å². The van der Waals surface area contributed by atoms with E-state index in [2.05, 4.69) is 30.9 Å². The number of carbonyl (C=O) groups is 2. The molecule has 13 heteroatoms. The van der Waals surface area contributed by atoms with Crippen molar-refractivity contribution in [2.24, 2.45) is 0 Å². The van der Waals surface area contributed by atoms with Crippen LogP contribution in [0.3, 0.4) is 0 Å². The number of hydrogen-bond donors (Lipinski definition) is 5. The maximum atomic E-state index is 13.4. The molecule has 5 N–H and O–H groups in total. The van der Waals surface area contributed by atoms with Crippen molar-refractivity contribution in [3.8, 4) is 11.1 Å². The number of benzene rings is 2. The first kappa shape index (κ1) is 32.1. The summed E-state index contributed by atoms with van der Waals surface area (Å²) in [5.41, 5.74) is 4.33. The van der Waals surface area contributed by atoms with Gasteiger partial charge >= 0.3 is 0 Å². The molecule has 2 aliphatic heterocycles. The summed E-state index contributed by atoms with van der Waals surface area (Å²) in [6.45, 7) is 3.22. The summed E-state index contributed by atoms with van der Waals surface area (Å²) in [5, 5.41) is 32.9. The van der Waals surface area contributed by atoms with Gasteiger partial charge in [0.1, 0.15) is 5.69 Å². The third-order valence-corrected chi connectivity index (χ3v) is 9.14. The van der Waals surface area contributed by atoms with Crippen molar-refractivity contribution in [2.75, 3.05) is 36.9 Å². The van der Waals surface area contributed by atoms with Gasteiger partial charge in [0.15, 0.2) is 5.69 Å². The predicted molar refractivity (Wildman–Crippen MR) is 177 cm³/mol. The summed E-state index contributed by atoms with van der Waals surface area (Å²) in [6.07, 6.45) is 3.95. The van der Waals surface area contributed by atoms with Crippen LogP contribution in [0.4, 0.5) is 11.4 Å². The standard InChI is InChI=1S/C33H35Cl2N7O4/c34-30-22(4-1-6-24(30)38-32(45)26-10-9-20(18-37-26)17-36-12-15-43)23-5-2-7-25(31(23)35)39-33(46)27-16-29-28(8-3-13-42(29)40-27)41-14-11-21(44)19-41/h1-2,4-7,9-10,16,18,21,28,36,43-44H,3,8,11-15,17,19H2,(H,38,45)(H,39,46)/t21-,28-/m1/s1. The minimum absolute atomic E-state index is 0.0395. The molecule has 0 spiro atoms. The average molecular weight is 665 g/mol. The fourth-order valence-corrected chi connectivity index (χ4v) is 6.56. The molecule has 2 atom stereocenters. The van der Waals surface area contributed by atoms with E-state index in [1.807, 2.05) is 10.7 Å². The molecule has 2 aromatic heterocycles. The van der Waals surface area contributed by atoms with Crippen molar-refractivity contribution in [1.82, 2.24) is 25.0 Å². The SMILES string of the molecule is O=C(Nc1cccc(-c2cccc(NC(=O)c3cc4n(n3)CCC[C@H]4N3CC[C@@H](O)C3)c2Cl)c1Cl)c1ccc(CNCCO)cn1. The summed E-state index contributed by atoms with van der Waals surface area (Å²) < 4.78 is 1.89. The first-order chi connectivity index (χ1) is 22.3. The van der Waals surface area contributed by atoms with Crippen LogP contribution in [-0.2, 0) is 13.1 Å². The molecule has 46 heavy (non-hydrogen) atoms. The van der Waals surface area contributed by atoms with Crippen LogP contribution < -0.4 is 16.0 Å². The van der Waals surface area contributed by atoms with Crippen molar-refractivity contribution in [1.29, 1.82) is 0 Å². The first-order valence-electron chi connectivity index (χ1n) is 15.3. The number of rotatable bonds is 10. The molecule has 2 amide bonds. The van der Waals surface area contributed by atoms with Crippen LogP contribution >= 0.6 is 23.2 Å². The average Bonchev–Trinajstić information content (AvgIpc) is 3.70. The highest BCUT2D eigenvalue weighted by Crippen LogP contribution is 2.40. The van der Waals surface area contributed by atoms with Gasteiger partial charge in [0.25, 0.3) is 11.8 Å². The molecule has 4 heterocycles. The molecule has 2 aliphatic rings. The monoisotopic (exact) mass is 663 g/mol. The van der Waals surface area contributed by atoms with Crippen molar-refractivity contribution in [2.45, 2.75) is 44.5 Å². The Balaban J connectivity index is 1.17. The number of carbonyl (C=O) groups excluding carboxylic acids is 2.